The molecule has 0 amide bonds. The largest absolute Gasteiger partial charge is 0.380 e. The van der Waals surface area contributed by atoms with Gasteiger partial charge in [-0.3, -0.25) is 4.79 Å². The molecule has 1 heterocycles. The molecule has 2 fully saturated rings. The van der Waals surface area contributed by atoms with Crippen molar-refractivity contribution in [2.24, 2.45) is 11.8 Å². The average Bonchev–Trinajstić information content (AvgIpc) is 3.28. The molecule has 1 aromatic heterocycles. The Kier molecular flexibility index (Phi) is 4.67. The van der Waals surface area contributed by atoms with Crippen molar-refractivity contribution in [2.45, 2.75) is 64.5 Å². The maximum absolute atomic E-state index is 12.3. The molecule has 0 aliphatic heterocycles. The van der Waals surface area contributed by atoms with Crippen molar-refractivity contribution in [3.05, 3.63) is 21.0 Å². The first-order chi connectivity index (χ1) is 10.1. The van der Waals surface area contributed by atoms with Crippen LogP contribution in [-0.4, -0.2) is 15.8 Å². The molecule has 21 heavy (non-hydrogen) atoms. The Morgan fingerprint density at radius 1 is 1.29 bits per heavy atom. The topological polar surface area (TPSA) is 46.9 Å². The van der Waals surface area contributed by atoms with Crippen LogP contribution in [-0.2, 0) is 6.54 Å². The monoisotopic (exact) mass is 353 g/mol. The summed E-state index contributed by atoms with van der Waals surface area (Å²) in [7, 11) is 0. The summed E-state index contributed by atoms with van der Waals surface area (Å²) in [5.41, 5.74) is 0.848. The van der Waals surface area contributed by atoms with Crippen molar-refractivity contribution in [3.63, 3.8) is 0 Å². The second kappa shape index (κ2) is 6.51. The van der Waals surface area contributed by atoms with E-state index in [0.29, 0.717) is 16.4 Å². The maximum atomic E-state index is 12.3. The van der Waals surface area contributed by atoms with Crippen LogP contribution in [0.5, 0.6) is 0 Å². The van der Waals surface area contributed by atoms with Gasteiger partial charge in [0.05, 0.1) is 11.9 Å². The Morgan fingerprint density at radius 3 is 2.86 bits per heavy atom. The van der Waals surface area contributed by atoms with Crippen LogP contribution in [0.4, 0.5) is 5.69 Å². The van der Waals surface area contributed by atoms with E-state index >= 15 is 0 Å². The number of anilines is 1. The van der Waals surface area contributed by atoms with E-state index in [-0.39, 0.29) is 5.56 Å². The first-order valence-electron chi connectivity index (χ1n) is 8.15. The normalized spacial score (nSPS) is 26.4. The van der Waals surface area contributed by atoms with Crippen molar-refractivity contribution in [2.75, 3.05) is 5.32 Å². The number of hydrogen-bond donors (Lipinski definition) is 1. The van der Waals surface area contributed by atoms with E-state index in [1.807, 2.05) is 6.20 Å². The van der Waals surface area contributed by atoms with Crippen LogP contribution in [0.1, 0.15) is 51.9 Å². The third-order valence-corrected chi connectivity index (χ3v) is 5.50. The van der Waals surface area contributed by atoms with Gasteiger partial charge in [-0.15, -0.1) is 0 Å². The molecule has 2 aliphatic carbocycles. The Bertz CT molecular complexity index is 553. The lowest BCUT2D eigenvalue weighted by Crippen LogP contribution is -2.27. The summed E-state index contributed by atoms with van der Waals surface area (Å²) in [5, 5.41) is 7.86. The molecule has 2 aliphatic rings. The lowest BCUT2D eigenvalue weighted by molar-refractivity contribution is 0.501. The Labute approximate surface area is 134 Å². The van der Waals surface area contributed by atoms with E-state index < -0.39 is 0 Å². The third kappa shape index (κ3) is 3.87. The zero-order valence-electron chi connectivity index (χ0n) is 12.6. The second-order valence-electron chi connectivity index (χ2n) is 6.76. The van der Waals surface area contributed by atoms with Crippen LogP contribution in [0.2, 0.25) is 0 Å². The number of nitrogens with one attached hydrogen (secondary N) is 1. The predicted octanol–water partition coefficient (Wildman–Crippen LogP) is 3.80. The minimum atomic E-state index is -0.00566. The molecule has 3 rings (SSSR count). The minimum absolute atomic E-state index is 0.00566. The van der Waals surface area contributed by atoms with Crippen LogP contribution < -0.4 is 10.9 Å². The quantitative estimate of drug-likeness (QED) is 0.837. The molecule has 5 heteroatoms. The van der Waals surface area contributed by atoms with E-state index in [9.17, 15) is 4.79 Å². The highest BCUT2D eigenvalue weighted by molar-refractivity contribution is 9.10. The third-order valence-electron chi connectivity index (χ3n) is 4.73. The second-order valence-corrected chi connectivity index (χ2v) is 7.55. The Balaban J connectivity index is 1.70. The zero-order chi connectivity index (χ0) is 14.8. The van der Waals surface area contributed by atoms with Crippen molar-refractivity contribution in [3.8, 4) is 0 Å². The molecule has 4 nitrogen and oxygen atoms in total. The van der Waals surface area contributed by atoms with Crippen LogP contribution in [0.15, 0.2) is 15.5 Å². The number of hydrogen-bond acceptors (Lipinski definition) is 3. The lowest BCUT2D eigenvalue weighted by atomic mass is 10.0. The molecule has 116 valence electrons. The van der Waals surface area contributed by atoms with E-state index in [2.05, 4.69) is 33.3 Å². The number of aromatic nitrogens is 2. The molecule has 0 radical (unpaired) electrons. The number of halogens is 1. The van der Waals surface area contributed by atoms with Crippen molar-refractivity contribution in [1.29, 1.82) is 0 Å². The fraction of sp³-hybridized carbons (Fsp3) is 0.750. The highest BCUT2D eigenvalue weighted by atomic mass is 79.9. The molecular formula is C16H24BrN3O. The summed E-state index contributed by atoms with van der Waals surface area (Å²) < 4.78 is 2.23. The SMILES string of the molecule is CC1CCCC(Nc2cnn(CC3CC3)c(=O)c2Br)CC1. The zero-order valence-corrected chi connectivity index (χ0v) is 14.2. The van der Waals surface area contributed by atoms with E-state index in [1.54, 1.807) is 4.68 Å². The van der Waals surface area contributed by atoms with E-state index in [1.165, 1.54) is 44.9 Å². The van der Waals surface area contributed by atoms with Gasteiger partial charge >= 0.3 is 0 Å². The van der Waals surface area contributed by atoms with Gasteiger partial charge in [-0.25, -0.2) is 4.68 Å². The highest BCUT2D eigenvalue weighted by Crippen LogP contribution is 2.30. The molecule has 2 unspecified atom stereocenters. The van der Waals surface area contributed by atoms with Gasteiger partial charge in [0.2, 0.25) is 0 Å². The molecule has 1 N–H and O–H groups in total. The summed E-state index contributed by atoms with van der Waals surface area (Å²) in [5.74, 6) is 1.48. The van der Waals surface area contributed by atoms with Gasteiger partial charge in [-0.05, 0) is 59.9 Å². The van der Waals surface area contributed by atoms with Crippen molar-refractivity contribution >= 4 is 21.6 Å². The first kappa shape index (κ1) is 15.1. The number of nitrogens with zero attached hydrogens (tertiary/aromatic N) is 2. The van der Waals surface area contributed by atoms with Crippen molar-refractivity contribution in [1.82, 2.24) is 9.78 Å². The molecule has 0 spiro atoms. The van der Waals surface area contributed by atoms with Gasteiger partial charge in [0.15, 0.2) is 0 Å². The molecule has 0 bridgehead atoms. The summed E-state index contributed by atoms with van der Waals surface area (Å²) in [6, 6.07) is 0.465. The van der Waals surface area contributed by atoms with Gasteiger partial charge < -0.3 is 5.32 Å². The number of rotatable bonds is 4. The predicted molar refractivity (Wildman–Crippen MR) is 88.6 cm³/mol. The van der Waals surface area contributed by atoms with Crippen LogP contribution in [0.3, 0.4) is 0 Å². The van der Waals surface area contributed by atoms with E-state index in [0.717, 1.165) is 18.2 Å². The molecule has 2 saturated carbocycles. The molecule has 0 aromatic carbocycles. The fourth-order valence-electron chi connectivity index (χ4n) is 3.09. The summed E-state index contributed by atoms with van der Waals surface area (Å²) in [4.78, 5) is 12.3. The molecular weight excluding hydrogens is 330 g/mol. The van der Waals surface area contributed by atoms with Gasteiger partial charge in [0.1, 0.15) is 4.47 Å². The average molecular weight is 354 g/mol. The van der Waals surface area contributed by atoms with E-state index in [4.69, 9.17) is 0 Å². The maximum Gasteiger partial charge on any atom is 0.283 e. The van der Waals surface area contributed by atoms with Crippen LogP contribution >= 0.6 is 15.9 Å². The Morgan fingerprint density at radius 2 is 2.10 bits per heavy atom. The standard InChI is InChI=1S/C16H24BrN3O/c1-11-3-2-4-13(8-5-11)19-14-9-18-20(10-12-6-7-12)16(21)15(14)17/h9,11-13,19H,2-8,10H2,1H3. The molecule has 1 aromatic rings. The summed E-state index contributed by atoms with van der Waals surface area (Å²) in [6.07, 6.45) is 10.5. The minimum Gasteiger partial charge on any atom is -0.380 e. The van der Waals surface area contributed by atoms with Gasteiger partial charge in [-0.2, -0.15) is 5.10 Å². The van der Waals surface area contributed by atoms with Crippen molar-refractivity contribution < 1.29 is 0 Å². The lowest BCUT2D eigenvalue weighted by Gasteiger charge is -2.19. The van der Waals surface area contributed by atoms with Gasteiger partial charge in [-0.1, -0.05) is 19.8 Å². The Hall–Kier alpha value is -0.840. The molecule has 2 atom stereocenters. The van der Waals surface area contributed by atoms with Gasteiger partial charge in [0.25, 0.3) is 5.56 Å². The van der Waals surface area contributed by atoms with Gasteiger partial charge in [0, 0.05) is 12.6 Å². The fourth-order valence-corrected chi connectivity index (χ4v) is 3.51. The van der Waals surface area contributed by atoms with Crippen LogP contribution in [0.25, 0.3) is 0 Å². The molecule has 0 saturated heterocycles. The van der Waals surface area contributed by atoms with Crippen LogP contribution in [0, 0.1) is 11.8 Å². The highest BCUT2D eigenvalue weighted by Gasteiger charge is 2.24. The summed E-state index contributed by atoms with van der Waals surface area (Å²) >= 11 is 3.46. The first-order valence-corrected chi connectivity index (χ1v) is 8.95. The smallest absolute Gasteiger partial charge is 0.283 e. The summed E-state index contributed by atoms with van der Waals surface area (Å²) in [6.45, 7) is 3.09.